The number of carbonyl (C=O) groups is 1. The summed E-state index contributed by atoms with van der Waals surface area (Å²) in [5, 5.41) is 13.2. The van der Waals surface area contributed by atoms with Crippen LogP contribution in [-0.2, 0) is 6.54 Å². The number of nitrogens with zero attached hydrogens (tertiary/aromatic N) is 4. The first-order valence-electron chi connectivity index (χ1n) is 9.51. The van der Waals surface area contributed by atoms with Gasteiger partial charge in [0, 0.05) is 31.4 Å². The molecule has 1 saturated heterocycles. The first-order valence-corrected chi connectivity index (χ1v) is 10.3. The number of para-hydroxylation sites is 1. The van der Waals surface area contributed by atoms with Crippen molar-refractivity contribution in [3.05, 3.63) is 53.9 Å². The Balaban J connectivity index is 1.47. The molecule has 0 spiro atoms. The minimum atomic E-state index is -0.158. The number of hydrogen-bond donors (Lipinski definition) is 1. The standard InChI is InChI=1S/C20H23N5O2S/c1-2-27-17-10-4-3-8-15(17)14-21-18(26)16-9-7-13-25(16)20-23-22-19(28-20)24-11-5-6-12-24/h3-4,7-10,13H,2,5-6,11-12,14H2,1H3,(H,21,26). The summed E-state index contributed by atoms with van der Waals surface area (Å²) in [5.74, 6) is 0.634. The van der Waals surface area contributed by atoms with E-state index in [-0.39, 0.29) is 5.91 Å². The van der Waals surface area contributed by atoms with Crippen molar-refractivity contribution >= 4 is 22.4 Å². The molecule has 7 nitrogen and oxygen atoms in total. The van der Waals surface area contributed by atoms with Crippen LogP contribution in [0.2, 0.25) is 0 Å². The van der Waals surface area contributed by atoms with Crippen molar-refractivity contribution in [2.45, 2.75) is 26.3 Å². The van der Waals surface area contributed by atoms with Gasteiger partial charge in [-0.05, 0) is 38.0 Å². The highest BCUT2D eigenvalue weighted by Gasteiger charge is 2.19. The second kappa shape index (κ2) is 8.43. The molecule has 1 fully saturated rings. The molecule has 4 rings (SSSR count). The van der Waals surface area contributed by atoms with Gasteiger partial charge in [-0.1, -0.05) is 29.5 Å². The maximum atomic E-state index is 12.8. The van der Waals surface area contributed by atoms with E-state index in [9.17, 15) is 4.79 Å². The predicted octanol–water partition coefficient (Wildman–Crippen LogP) is 3.26. The predicted molar refractivity (Wildman–Crippen MR) is 109 cm³/mol. The molecule has 28 heavy (non-hydrogen) atoms. The van der Waals surface area contributed by atoms with Crippen LogP contribution in [0.5, 0.6) is 5.75 Å². The molecule has 0 aliphatic carbocycles. The van der Waals surface area contributed by atoms with E-state index in [4.69, 9.17) is 4.74 Å². The fourth-order valence-corrected chi connectivity index (χ4v) is 4.18. The fraction of sp³-hybridized carbons (Fsp3) is 0.350. The molecule has 0 bridgehead atoms. The van der Waals surface area contributed by atoms with Gasteiger partial charge in [0.05, 0.1) is 6.61 Å². The van der Waals surface area contributed by atoms with Gasteiger partial charge in [-0.2, -0.15) is 0 Å². The molecule has 1 aliphatic heterocycles. The van der Waals surface area contributed by atoms with Crippen molar-refractivity contribution in [3.63, 3.8) is 0 Å². The molecule has 2 aromatic heterocycles. The minimum absolute atomic E-state index is 0.158. The summed E-state index contributed by atoms with van der Waals surface area (Å²) >= 11 is 1.51. The monoisotopic (exact) mass is 397 g/mol. The number of nitrogens with one attached hydrogen (secondary N) is 1. The van der Waals surface area contributed by atoms with E-state index in [0.717, 1.165) is 29.5 Å². The highest BCUT2D eigenvalue weighted by Crippen LogP contribution is 2.27. The van der Waals surface area contributed by atoms with Gasteiger partial charge in [-0.15, -0.1) is 10.2 Å². The third kappa shape index (κ3) is 3.87. The van der Waals surface area contributed by atoms with E-state index < -0.39 is 0 Å². The summed E-state index contributed by atoms with van der Waals surface area (Å²) in [6.45, 7) is 4.97. The number of amides is 1. The average Bonchev–Trinajstić information content (AvgIpc) is 3.47. The lowest BCUT2D eigenvalue weighted by molar-refractivity contribution is 0.0944. The Kier molecular flexibility index (Phi) is 5.57. The van der Waals surface area contributed by atoms with Gasteiger partial charge >= 0.3 is 0 Å². The van der Waals surface area contributed by atoms with Gasteiger partial charge < -0.3 is 15.0 Å². The second-order valence-corrected chi connectivity index (χ2v) is 7.48. The van der Waals surface area contributed by atoms with Crippen molar-refractivity contribution in [1.82, 2.24) is 20.1 Å². The molecule has 146 valence electrons. The molecule has 3 aromatic rings. The van der Waals surface area contributed by atoms with Crippen LogP contribution in [-0.4, -0.2) is 40.4 Å². The van der Waals surface area contributed by atoms with Crippen LogP contribution < -0.4 is 15.0 Å². The van der Waals surface area contributed by atoms with Gasteiger partial charge in [-0.25, -0.2) is 0 Å². The van der Waals surface area contributed by atoms with Crippen LogP contribution in [0.3, 0.4) is 0 Å². The van der Waals surface area contributed by atoms with Gasteiger partial charge in [0.2, 0.25) is 10.3 Å². The zero-order valence-corrected chi connectivity index (χ0v) is 16.6. The van der Waals surface area contributed by atoms with Crippen LogP contribution >= 0.6 is 11.3 Å². The number of anilines is 1. The molecular weight excluding hydrogens is 374 g/mol. The summed E-state index contributed by atoms with van der Waals surface area (Å²) in [5.41, 5.74) is 1.49. The molecule has 0 unspecified atom stereocenters. The number of hydrogen-bond acceptors (Lipinski definition) is 6. The summed E-state index contributed by atoms with van der Waals surface area (Å²) in [6.07, 6.45) is 4.22. The summed E-state index contributed by atoms with van der Waals surface area (Å²) in [6, 6.07) is 11.4. The Bertz CT molecular complexity index is 945. The van der Waals surface area contributed by atoms with Crippen molar-refractivity contribution in [2.24, 2.45) is 0 Å². The lowest BCUT2D eigenvalue weighted by Gasteiger charge is -2.12. The molecular formula is C20H23N5O2S. The van der Waals surface area contributed by atoms with Crippen LogP contribution in [0.15, 0.2) is 42.6 Å². The first-order chi connectivity index (χ1) is 13.8. The van der Waals surface area contributed by atoms with Crippen molar-refractivity contribution < 1.29 is 9.53 Å². The van der Waals surface area contributed by atoms with Crippen LogP contribution in [0.4, 0.5) is 5.13 Å². The molecule has 3 heterocycles. The molecule has 0 radical (unpaired) electrons. The molecule has 8 heteroatoms. The Labute approximate surface area is 168 Å². The fourth-order valence-electron chi connectivity index (χ4n) is 3.29. The lowest BCUT2D eigenvalue weighted by Crippen LogP contribution is -2.25. The van der Waals surface area contributed by atoms with Crippen LogP contribution in [0.25, 0.3) is 5.13 Å². The zero-order chi connectivity index (χ0) is 19.3. The summed E-state index contributed by atoms with van der Waals surface area (Å²) in [4.78, 5) is 15.0. The maximum absolute atomic E-state index is 12.8. The molecule has 0 saturated carbocycles. The minimum Gasteiger partial charge on any atom is -0.494 e. The Hall–Kier alpha value is -2.87. The third-order valence-electron chi connectivity index (χ3n) is 4.68. The normalized spacial score (nSPS) is 13.7. The van der Waals surface area contributed by atoms with Crippen molar-refractivity contribution in [3.8, 4) is 10.9 Å². The van der Waals surface area contributed by atoms with Gasteiger partial charge in [0.1, 0.15) is 11.4 Å². The average molecular weight is 398 g/mol. The lowest BCUT2D eigenvalue weighted by atomic mass is 10.2. The SMILES string of the molecule is CCOc1ccccc1CNC(=O)c1cccn1-c1nnc(N2CCCC2)s1. The maximum Gasteiger partial charge on any atom is 0.268 e. The summed E-state index contributed by atoms with van der Waals surface area (Å²) < 4.78 is 7.42. The number of carbonyl (C=O) groups excluding carboxylic acids is 1. The van der Waals surface area contributed by atoms with Gasteiger partial charge in [0.15, 0.2) is 0 Å². The Morgan fingerprint density at radius 1 is 1.14 bits per heavy atom. The quantitative estimate of drug-likeness (QED) is 0.663. The molecule has 0 atom stereocenters. The van der Waals surface area contributed by atoms with E-state index in [1.165, 1.54) is 24.2 Å². The van der Waals surface area contributed by atoms with Gasteiger partial charge in [0.25, 0.3) is 5.91 Å². The highest BCUT2D eigenvalue weighted by atomic mass is 32.1. The van der Waals surface area contributed by atoms with E-state index in [0.29, 0.717) is 24.0 Å². The van der Waals surface area contributed by atoms with Crippen LogP contribution in [0.1, 0.15) is 35.8 Å². The number of aromatic nitrogens is 3. The number of rotatable bonds is 7. The zero-order valence-electron chi connectivity index (χ0n) is 15.8. The topological polar surface area (TPSA) is 72.3 Å². The Morgan fingerprint density at radius 3 is 2.75 bits per heavy atom. The Morgan fingerprint density at radius 2 is 1.93 bits per heavy atom. The van der Waals surface area contributed by atoms with Crippen LogP contribution in [0, 0.1) is 0 Å². The molecule has 1 aromatic carbocycles. The highest BCUT2D eigenvalue weighted by molar-refractivity contribution is 7.17. The summed E-state index contributed by atoms with van der Waals surface area (Å²) in [7, 11) is 0. The number of ether oxygens (including phenoxy) is 1. The van der Waals surface area contributed by atoms with E-state index >= 15 is 0 Å². The van der Waals surface area contributed by atoms with Crippen molar-refractivity contribution in [1.29, 1.82) is 0 Å². The third-order valence-corrected chi connectivity index (χ3v) is 5.66. The second-order valence-electron chi connectivity index (χ2n) is 6.55. The molecule has 1 N–H and O–H groups in total. The van der Waals surface area contributed by atoms with E-state index in [1.54, 1.807) is 10.6 Å². The van der Waals surface area contributed by atoms with Crippen molar-refractivity contribution in [2.75, 3.05) is 24.6 Å². The number of benzene rings is 1. The molecule has 1 amide bonds. The first kappa shape index (κ1) is 18.5. The van der Waals surface area contributed by atoms with E-state index in [1.807, 2.05) is 43.5 Å². The van der Waals surface area contributed by atoms with E-state index in [2.05, 4.69) is 20.4 Å². The smallest absolute Gasteiger partial charge is 0.268 e. The molecule has 1 aliphatic rings. The van der Waals surface area contributed by atoms with Gasteiger partial charge in [-0.3, -0.25) is 9.36 Å². The largest absolute Gasteiger partial charge is 0.494 e.